The van der Waals surface area contributed by atoms with Crippen LogP contribution < -0.4 is 10.2 Å². The summed E-state index contributed by atoms with van der Waals surface area (Å²) in [5, 5.41) is 13.3. The van der Waals surface area contributed by atoms with E-state index in [1.54, 1.807) is 30.2 Å². The molecule has 2 N–H and O–H groups in total. The summed E-state index contributed by atoms with van der Waals surface area (Å²) in [6, 6.07) is 12.7. The second kappa shape index (κ2) is 6.58. The van der Waals surface area contributed by atoms with E-state index in [1.807, 2.05) is 44.4 Å². The molecule has 5 nitrogen and oxygen atoms in total. The van der Waals surface area contributed by atoms with Crippen molar-refractivity contribution in [3.8, 4) is 0 Å². The number of aliphatic hydroxyl groups is 1. The van der Waals surface area contributed by atoms with E-state index in [4.69, 9.17) is 0 Å². The van der Waals surface area contributed by atoms with Crippen LogP contribution in [-0.2, 0) is 5.60 Å². The molecule has 2 aromatic rings. The van der Waals surface area contributed by atoms with Gasteiger partial charge in [0, 0.05) is 20.3 Å². The molecule has 1 amide bonds. The first-order chi connectivity index (χ1) is 10.4. The molecule has 0 aliphatic carbocycles. The van der Waals surface area contributed by atoms with Crippen molar-refractivity contribution >= 4 is 11.7 Å². The monoisotopic (exact) mass is 299 g/mol. The lowest BCUT2D eigenvalue weighted by Gasteiger charge is -2.24. The SMILES string of the molecule is CN(C)c1ncccc1C(=O)NCC(C)(O)c1ccccc1. The number of hydrogen-bond donors (Lipinski definition) is 2. The fourth-order valence-corrected chi connectivity index (χ4v) is 2.18. The van der Waals surface area contributed by atoms with Crippen LogP contribution in [0, 0.1) is 0 Å². The summed E-state index contributed by atoms with van der Waals surface area (Å²) >= 11 is 0. The van der Waals surface area contributed by atoms with Crippen LogP contribution in [0.1, 0.15) is 22.8 Å². The lowest BCUT2D eigenvalue weighted by molar-refractivity contribution is 0.0526. The van der Waals surface area contributed by atoms with Crippen LogP contribution in [0.5, 0.6) is 0 Å². The molecular weight excluding hydrogens is 278 g/mol. The Kier molecular flexibility index (Phi) is 4.78. The zero-order chi connectivity index (χ0) is 16.2. The molecule has 0 bridgehead atoms. The zero-order valence-electron chi connectivity index (χ0n) is 13.1. The molecule has 0 saturated carbocycles. The standard InChI is InChI=1S/C17H21N3O2/c1-17(22,13-8-5-4-6-9-13)12-19-16(21)14-10-7-11-18-15(14)20(2)3/h4-11,22H,12H2,1-3H3,(H,19,21). The summed E-state index contributed by atoms with van der Waals surface area (Å²) in [5.41, 5.74) is 0.114. The number of nitrogens with one attached hydrogen (secondary N) is 1. The molecule has 0 aliphatic heterocycles. The highest BCUT2D eigenvalue weighted by Gasteiger charge is 2.24. The first-order valence-electron chi connectivity index (χ1n) is 7.10. The van der Waals surface area contributed by atoms with Crippen molar-refractivity contribution in [2.75, 3.05) is 25.5 Å². The highest BCUT2D eigenvalue weighted by Crippen LogP contribution is 2.20. The molecule has 116 valence electrons. The molecule has 0 aliphatic rings. The molecule has 0 spiro atoms. The largest absolute Gasteiger partial charge is 0.384 e. The number of anilines is 1. The zero-order valence-corrected chi connectivity index (χ0v) is 13.1. The number of benzene rings is 1. The molecule has 5 heteroatoms. The average Bonchev–Trinajstić information content (AvgIpc) is 2.53. The summed E-state index contributed by atoms with van der Waals surface area (Å²) in [6.07, 6.45) is 1.65. The Hall–Kier alpha value is -2.40. The number of pyridine rings is 1. The average molecular weight is 299 g/mol. The Morgan fingerprint density at radius 2 is 1.91 bits per heavy atom. The van der Waals surface area contributed by atoms with Gasteiger partial charge in [0.15, 0.2) is 0 Å². The normalized spacial score (nSPS) is 13.3. The van der Waals surface area contributed by atoms with Gasteiger partial charge < -0.3 is 15.3 Å². The van der Waals surface area contributed by atoms with Crippen molar-refractivity contribution in [3.05, 3.63) is 59.8 Å². The van der Waals surface area contributed by atoms with Crippen LogP contribution in [0.15, 0.2) is 48.7 Å². The molecule has 0 saturated heterocycles. The van der Waals surface area contributed by atoms with Gasteiger partial charge in [-0.2, -0.15) is 0 Å². The maximum atomic E-state index is 12.4. The summed E-state index contributed by atoms with van der Waals surface area (Å²) < 4.78 is 0. The van der Waals surface area contributed by atoms with E-state index in [-0.39, 0.29) is 12.5 Å². The highest BCUT2D eigenvalue weighted by molar-refractivity contribution is 5.98. The van der Waals surface area contributed by atoms with Crippen LogP contribution >= 0.6 is 0 Å². The maximum absolute atomic E-state index is 12.4. The van der Waals surface area contributed by atoms with Crippen LogP contribution in [-0.4, -0.2) is 36.6 Å². The minimum Gasteiger partial charge on any atom is -0.384 e. The first-order valence-corrected chi connectivity index (χ1v) is 7.10. The van der Waals surface area contributed by atoms with Gasteiger partial charge in [0.1, 0.15) is 11.4 Å². The number of hydrogen-bond acceptors (Lipinski definition) is 4. The highest BCUT2D eigenvalue weighted by atomic mass is 16.3. The molecule has 1 aromatic carbocycles. The molecule has 1 aromatic heterocycles. The van der Waals surface area contributed by atoms with Crippen molar-refractivity contribution in [3.63, 3.8) is 0 Å². The van der Waals surface area contributed by atoms with Gasteiger partial charge in [0.05, 0.1) is 12.1 Å². The Morgan fingerprint density at radius 1 is 1.23 bits per heavy atom. The summed E-state index contributed by atoms with van der Waals surface area (Å²) in [5.74, 6) is 0.340. The number of amides is 1. The second-order valence-corrected chi connectivity index (χ2v) is 5.59. The first kappa shape index (κ1) is 16.0. The molecule has 1 heterocycles. The van der Waals surface area contributed by atoms with Crippen LogP contribution in [0.25, 0.3) is 0 Å². The topological polar surface area (TPSA) is 65.5 Å². The van der Waals surface area contributed by atoms with Crippen molar-refractivity contribution in [2.45, 2.75) is 12.5 Å². The van der Waals surface area contributed by atoms with E-state index in [1.165, 1.54) is 0 Å². The van der Waals surface area contributed by atoms with Crippen molar-refractivity contribution < 1.29 is 9.90 Å². The molecule has 1 atom stereocenters. The minimum atomic E-state index is -1.13. The third kappa shape index (κ3) is 3.62. The van der Waals surface area contributed by atoms with Crippen LogP contribution in [0.3, 0.4) is 0 Å². The summed E-state index contributed by atoms with van der Waals surface area (Å²) in [7, 11) is 3.67. The van der Waals surface area contributed by atoms with Gasteiger partial charge in [-0.05, 0) is 24.6 Å². The molecule has 0 radical (unpaired) electrons. The summed E-state index contributed by atoms with van der Waals surface area (Å²) in [4.78, 5) is 18.3. The predicted octanol–water partition coefficient (Wildman–Crippen LogP) is 1.79. The van der Waals surface area contributed by atoms with Crippen molar-refractivity contribution in [2.24, 2.45) is 0 Å². The molecule has 2 rings (SSSR count). The molecule has 0 fully saturated rings. The van der Waals surface area contributed by atoms with Gasteiger partial charge in [-0.25, -0.2) is 4.98 Å². The van der Waals surface area contributed by atoms with Gasteiger partial charge >= 0.3 is 0 Å². The van der Waals surface area contributed by atoms with E-state index >= 15 is 0 Å². The van der Waals surface area contributed by atoms with Crippen molar-refractivity contribution in [1.29, 1.82) is 0 Å². The van der Waals surface area contributed by atoms with Gasteiger partial charge in [0.2, 0.25) is 0 Å². The smallest absolute Gasteiger partial charge is 0.255 e. The Morgan fingerprint density at radius 3 is 2.55 bits per heavy atom. The van der Waals surface area contributed by atoms with Gasteiger partial charge in [0.25, 0.3) is 5.91 Å². The number of carbonyl (C=O) groups is 1. The quantitative estimate of drug-likeness (QED) is 0.883. The van der Waals surface area contributed by atoms with Gasteiger partial charge in [-0.1, -0.05) is 30.3 Å². The fraction of sp³-hybridized carbons (Fsp3) is 0.294. The number of nitrogens with zero attached hydrogens (tertiary/aromatic N) is 2. The molecular formula is C17H21N3O2. The molecule has 1 unspecified atom stereocenters. The molecule has 22 heavy (non-hydrogen) atoms. The third-order valence-electron chi connectivity index (χ3n) is 3.44. The number of aromatic nitrogens is 1. The Labute approximate surface area is 130 Å². The van der Waals surface area contributed by atoms with Crippen LogP contribution in [0.4, 0.5) is 5.82 Å². The predicted molar refractivity (Wildman–Crippen MR) is 86.9 cm³/mol. The lowest BCUT2D eigenvalue weighted by atomic mass is 9.96. The van der Waals surface area contributed by atoms with E-state index < -0.39 is 5.60 Å². The van der Waals surface area contributed by atoms with Gasteiger partial charge in [-0.15, -0.1) is 0 Å². The summed E-state index contributed by atoms with van der Waals surface area (Å²) in [6.45, 7) is 1.80. The van der Waals surface area contributed by atoms with E-state index in [9.17, 15) is 9.90 Å². The Bertz CT molecular complexity index is 639. The van der Waals surface area contributed by atoms with E-state index in [0.717, 1.165) is 5.56 Å². The minimum absolute atomic E-state index is 0.123. The van der Waals surface area contributed by atoms with E-state index in [0.29, 0.717) is 11.4 Å². The van der Waals surface area contributed by atoms with Crippen LogP contribution in [0.2, 0.25) is 0 Å². The number of carbonyl (C=O) groups excluding carboxylic acids is 1. The Balaban J connectivity index is 2.10. The third-order valence-corrected chi connectivity index (χ3v) is 3.44. The fourth-order valence-electron chi connectivity index (χ4n) is 2.18. The second-order valence-electron chi connectivity index (χ2n) is 5.59. The lowest BCUT2D eigenvalue weighted by Crippen LogP contribution is -2.39. The van der Waals surface area contributed by atoms with Crippen molar-refractivity contribution in [1.82, 2.24) is 10.3 Å². The van der Waals surface area contributed by atoms with E-state index in [2.05, 4.69) is 10.3 Å². The van der Waals surface area contributed by atoms with Gasteiger partial charge in [-0.3, -0.25) is 4.79 Å². The number of rotatable bonds is 5. The maximum Gasteiger partial charge on any atom is 0.255 e.